The van der Waals surface area contributed by atoms with Gasteiger partial charge in [-0.1, -0.05) is 25.1 Å². The van der Waals surface area contributed by atoms with Gasteiger partial charge in [0, 0.05) is 0 Å². The van der Waals surface area contributed by atoms with E-state index < -0.39 is 12.0 Å². The molecule has 98 valence electrons. The minimum Gasteiger partial charge on any atom is -0.480 e. The number of carbonyl (C=O) groups is 2. The fourth-order valence-electron chi connectivity index (χ4n) is 1.45. The van der Waals surface area contributed by atoms with E-state index in [0.29, 0.717) is 12.2 Å². The first-order valence-electron chi connectivity index (χ1n) is 5.83. The maximum absolute atomic E-state index is 11.8. The van der Waals surface area contributed by atoms with E-state index in [1.165, 1.54) is 0 Å². The lowest BCUT2D eigenvalue weighted by Gasteiger charge is -2.18. The number of aryl methyl sites for hydroxylation is 1. The molecule has 3 N–H and O–H groups in total. The topological polar surface area (TPSA) is 81.4 Å². The summed E-state index contributed by atoms with van der Waals surface area (Å²) in [6.07, 6.45) is -0.107. The van der Waals surface area contributed by atoms with Gasteiger partial charge in [-0.3, -0.25) is 9.59 Å². The molecular weight excluding hydrogens is 232 g/mol. The van der Waals surface area contributed by atoms with Crippen LogP contribution in [0.1, 0.15) is 18.9 Å². The number of hydrogen-bond acceptors (Lipinski definition) is 3. The molecule has 0 aliphatic heterocycles. The van der Waals surface area contributed by atoms with Crippen LogP contribution in [0.25, 0.3) is 0 Å². The summed E-state index contributed by atoms with van der Waals surface area (Å²) in [6.45, 7) is 3.57. The van der Waals surface area contributed by atoms with Crippen molar-refractivity contribution in [3.05, 3.63) is 29.8 Å². The van der Waals surface area contributed by atoms with Gasteiger partial charge in [0.15, 0.2) is 6.10 Å². The predicted octanol–water partition coefficient (Wildman–Crippen LogP) is 0.754. The summed E-state index contributed by atoms with van der Waals surface area (Å²) in [7, 11) is 0. The van der Waals surface area contributed by atoms with Crippen LogP contribution in [-0.4, -0.2) is 24.5 Å². The monoisotopic (exact) mass is 250 g/mol. The third-order valence-electron chi connectivity index (χ3n) is 2.46. The standard InChI is InChI=1S/C13H18N2O3/c1-3-10(13(17)15-8-12(14)16)18-11-7-5-4-6-9(11)2/h4-7,10H,3,8H2,1-2H3,(H2,14,16)(H,15,17). The first-order valence-corrected chi connectivity index (χ1v) is 5.83. The maximum atomic E-state index is 11.8. The van der Waals surface area contributed by atoms with Gasteiger partial charge in [0.05, 0.1) is 6.54 Å². The van der Waals surface area contributed by atoms with Crippen molar-refractivity contribution in [2.24, 2.45) is 5.73 Å². The molecule has 0 aliphatic carbocycles. The minimum absolute atomic E-state index is 0.174. The van der Waals surface area contributed by atoms with Crippen LogP contribution in [0.2, 0.25) is 0 Å². The van der Waals surface area contributed by atoms with E-state index in [4.69, 9.17) is 10.5 Å². The number of ether oxygens (including phenoxy) is 1. The third-order valence-corrected chi connectivity index (χ3v) is 2.46. The van der Waals surface area contributed by atoms with Gasteiger partial charge in [0.25, 0.3) is 5.91 Å². The summed E-state index contributed by atoms with van der Waals surface area (Å²) < 4.78 is 5.62. The molecule has 1 aromatic carbocycles. The van der Waals surface area contributed by atoms with Crippen LogP contribution in [0, 0.1) is 6.92 Å². The molecule has 2 amide bonds. The van der Waals surface area contributed by atoms with Crippen LogP contribution in [-0.2, 0) is 9.59 Å². The van der Waals surface area contributed by atoms with E-state index in [-0.39, 0.29) is 12.5 Å². The second-order valence-corrected chi connectivity index (χ2v) is 3.96. The number of primary amides is 1. The molecule has 0 bridgehead atoms. The molecule has 0 heterocycles. The fourth-order valence-corrected chi connectivity index (χ4v) is 1.45. The lowest BCUT2D eigenvalue weighted by molar-refractivity contribution is -0.130. The van der Waals surface area contributed by atoms with Crippen LogP contribution in [0.3, 0.4) is 0 Å². The summed E-state index contributed by atoms with van der Waals surface area (Å²) in [5, 5.41) is 2.43. The van der Waals surface area contributed by atoms with Crippen molar-refractivity contribution in [3.8, 4) is 5.75 Å². The van der Waals surface area contributed by atoms with Crippen molar-refractivity contribution in [2.75, 3.05) is 6.54 Å². The van der Waals surface area contributed by atoms with Crippen molar-refractivity contribution in [3.63, 3.8) is 0 Å². The van der Waals surface area contributed by atoms with Gasteiger partial charge in [-0.2, -0.15) is 0 Å². The molecule has 0 aromatic heterocycles. The smallest absolute Gasteiger partial charge is 0.261 e. The van der Waals surface area contributed by atoms with E-state index in [1.807, 2.05) is 32.0 Å². The largest absolute Gasteiger partial charge is 0.480 e. The number of nitrogens with two attached hydrogens (primary N) is 1. The van der Waals surface area contributed by atoms with E-state index >= 15 is 0 Å². The Morgan fingerprint density at radius 1 is 1.39 bits per heavy atom. The highest BCUT2D eigenvalue weighted by Crippen LogP contribution is 2.18. The Hall–Kier alpha value is -2.04. The van der Waals surface area contributed by atoms with Crippen molar-refractivity contribution in [2.45, 2.75) is 26.4 Å². The van der Waals surface area contributed by atoms with Crippen molar-refractivity contribution >= 4 is 11.8 Å². The zero-order chi connectivity index (χ0) is 13.5. The Bertz CT molecular complexity index is 432. The van der Waals surface area contributed by atoms with Gasteiger partial charge < -0.3 is 15.8 Å². The number of rotatable bonds is 6. The van der Waals surface area contributed by atoms with Crippen LogP contribution in [0.5, 0.6) is 5.75 Å². The van der Waals surface area contributed by atoms with Gasteiger partial charge in [-0.25, -0.2) is 0 Å². The zero-order valence-electron chi connectivity index (χ0n) is 10.6. The van der Waals surface area contributed by atoms with Gasteiger partial charge in [-0.15, -0.1) is 0 Å². The van der Waals surface area contributed by atoms with Gasteiger partial charge in [-0.05, 0) is 25.0 Å². The van der Waals surface area contributed by atoms with Crippen LogP contribution in [0.4, 0.5) is 0 Å². The predicted molar refractivity (Wildman–Crippen MR) is 68.1 cm³/mol. The summed E-state index contributed by atoms with van der Waals surface area (Å²) in [4.78, 5) is 22.3. The van der Waals surface area contributed by atoms with Crippen LogP contribution < -0.4 is 15.8 Å². The molecule has 18 heavy (non-hydrogen) atoms. The Labute approximate surface area is 106 Å². The maximum Gasteiger partial charge on any atom is 0.261 e. The van der Waals surface area contributed by atoms with E-state index in [9.17, 15) is 9.59 Å². The number of benzene rings is 1. The van der Waals surface area contributed by atoms with Gasteiger partial charge >= 0.3 is 0 Å². The van der Waals surface area contributed by atoms with Crippen LogP contribution >= 0.6 is 0 Å². The Balaban J connectivity index is 2.64. The van der Waals surface area contributed by atoms with Crippen molar-refractivity contribution in [1.29, 1.82) is 0 Å². The Morgan fingerprint density at radius 2 is 2.06 bits per heavy atom. The lowest BCUT2D eigenvalue weighted by atomic mass is 10.2. The average molecular weight is 250 g/mol. The second kappa shape index (κ2) is 6.64. The molecule has 1 aromatic rings. The summed E-state index contributed by atoms with van der Waals surface area (Å²) in [6, 6.07) is 7.45. The van der Waals surface area contributed by atoms with E-state index in [1.54, 1.807) is 6.07 Å². The van der Waals surface area contributed by atoms with Gasteiger partial charge in [0.1, 0.15) is 5.75 Å². The highest BCUT2D eigenvalue weighted by Gasteiger charge is 2.18. The first-order chi connectivity index (χ1) is 8.54. The molecule has 5 heteroatoms. The van der Waals surface area contributed by atoms with Crippen molar-refractivity contribution < 1.29 is 14.3 Å². The highest BCUT2D eigenvalue weighted by atomic mass is 16.5. The zero-order valence-corrected chi connectivity index (χ0v) is 10.6. The average Bonchev–Trinajstić information content (AvgIpc) is 2.35. The fraction of sp³-hybridized carbons (Fsp3) is 0.385. The number of hydrogen-bond donors (Lipinski definition) is 2. The van der Waals surface area contributed by atoms with E-state index in [0.717, 1.165) is 5.56 Å². The molecule has 5 nitrogen and oxygen atoms in total. The SMILES string of the molecule is CCC(Oc1ccccc1C)C(=O)NCC(N)=O. The third kappa shape index (κ3) is 4.08. The summed E-state index contributed by atoms with van der Waals surface area (Å²) in [5.74, 6) is -0.243. The normalized spacial score (nSPS) is 11.7. The molecule has 1 atom stereocenters. The number of nitrogens with one attached hydrogen (secondary N) is 1. The minimum atomic E-state index is -0.620. The molecule has 0 radical (unpaired) electrons. The molecule has 0 aliphatic rings. The molecule has 1 rings (SSSR count). The number of amides is 2. The quantitative estimate of drug-likeness (QED) is 0.781. The van der Waals surface area contributed by atoms with E-state index in [2.05, 4.69) is 5.32 Å². The lowest BCUT2D eigenvalue weighted by Crippen LogP contribution is -2.42. The number of para-hydroxylation sites is 1. The van der Waals surface area contributed by atoms with Crippen molar-refractivity contribution in [1.82, 2.24) is 5.32 Å². The Morgan fingerprint density at radius 3 is 2.61 bits per heavy atom. The molecule has 0 saturated heterocycles. The molecule has 0 fully saturated rings. The molecule has 0 saturated carbocycles. The second-order valence-electron chi connectivity index (χ2n) is 3.96. The van der Waals surface area contributed by atoms with Gasteiger partial charge in [0.2, 0.25) is 5.91 Å². The van der Waals surface area contributed by atoms with Crippen LogP contribution in [0.15, 0.2) is 24.3 Å². The molecule has 1 unspecified atom stereocenters. The highest BCUT2D eigenvalue weighted by molar-refractivity contribution is 5.86. The summed E-state index contributed by atoms with van der Waals surface area (Å²) in [5.41, 5.74) is 5.92. The summed E-state index contributed by atoms with van der Waals surface area (Å²) >= 11 is 0. The Kier molecular flexibility index (Phi) is 5.17. The first kappa shape index (κ1) is 14.0. The molecular formula is C13H18N2O3. The number of carbonyl (C=O) groups excluding carboxylic acids is 2. The molecule has 0 spiro atoms.